The summed E-state index contributed by atoms with van der Waals surface area (Å²) in [6, 6.07) is 20.0. The van der Waals surface area contributed by atoms with E-state index in [2.05, 4.69) is 21.2 Å². The van der Waals surface area contributed by atoms with Gasteiger partial charge in [-0.2, -0.15) is 10.4 Å². The number of nitriles is 1. The fourth-order valence-electron chi connectivity index (χ4n) is 3.28. The zero-order valence-electron chi connectivity index (χ0n) is 16.7. The van der Waals surface area contributed by atoms with E-state index in [4.69, 9.17) is 10.00 Å². The predicted molar refractivity (Wildman–Crippen MR) is 113 cm³/mol. The summed E-state index contributed by atoms with van der Waals surface area (Å²) in [7, 11) is 0. The smallest absolute Gasteiger partial charge is 0.253 e. The molecule has 0 unspecified atom stereocenters. The molecule has 7 heteroatoms. The van der Waals surface area contributed by atoms with E-state index in [0.29, 0.717) is 35.7 Å². The number of anilines is 1. The summed E-state index contributed by atoms with van der Waals surface area (Å²) in [4.78, 5) is 16.8. The first-order valence-corrected chi connectivity index (χ1v) is 9.75. The van der Waals surface area contributed by atoms with Gasteiger partial charge in [0.05, 0.1) is 17.3 Å². The van der Waals surface area contributed by atoms with E-state index in [1.165, 1.54) is 0 Å². The third kappa shape index (κ3) is 4.39. The summed E-state index contributed by atoms with van der Waals surface area (Å²) < 4.78 is 5.78. The molecule has 0 bridgehead atoms. The molecule has 0 N–H and O–H groups in total. The number of piperazine rings is 1. The van der Waals surface area contributed by atoms with Crippen LogP contribution in [0.15, 0.2) is 60.7 Å². The number of carbonyl (C=O) groups excluding carboxylic acids is 1. The molecule has 7 nitrogen and oxygen atoms in total. The molecule has 0 aliphatic carbocycles. The summed E-state index contributed by atoms with van der Waals surface area (Å²) in [5.41, 5.74) is 2.10. The molecular weight excluding hydrogens is 378 g/mol. The van der Waals surface area contributed by atoms with Gasteiger partial charge in [-0.25, -0.2) is 0 Å². The number of hydrogen-bond donors (Lipinski definition) is 0. The SMILES string of the molecule is Cc1ccc(N2CCN(C(=O)c3ccc(Oc4ccc(C#N)cc4)cc3)CC2)nn1. The predicted octanol–water partition coefficient (Wildman–Crippen LogP) is 3.41. The number of nitrogens with zero attached hydrogens (tertiary/aromatic N) is 5. The van der Waals surface area contributed by atoms with Crippen molar-refractivity contribution in [3.8, 4) is 17.6 Å². The van der Waals surface area contributed by atoms with Gasteiger partial charge in [0.15, 0.2) is 5.82 Å². The number of hydrogen-bond acceptors (Lipinski definition) is 6. The minimum Gasteiger partial charge on any atom is -0.457 e. The summed E-state index contributed by atoms with van der Waals surface area (Å²) in [5.74, 6) is 2.13. The van der Waals surface area contributed by atoms with Crippen LogP contribution in [0.2, 0.25) is 0 Å². The topological polar surface area (TPSA) is 82.4 Å². The Morgan fingerprint density at radius 3 is 2.10 bits per heavy atom. The maximum atomic E-state index is 12.8. The Morgan fingerprint density at radius 2 is 1.53 bits per heavy atom. The molecule has 1 aromatic heterocycles. The minimum atomic E-state index is 0.00886. The highest BCUT2D eigenvalue weighted by Gasteiger charge is 2.23. The number of aryl methyl sites for hydroxylation is 1. The van der Waals surface area contributed by atoms with Crippen LogP contribution in [0, 0.1) is 18.3 Å². The van der Waals surface area contributed by atoms with Crippen molar-refractivity contribution in [2.75, 3.05) is 31.1 Å². The Labute approximate surface area is 175 Å². The maximum absolute atomic E-state index is 12.8. The number of carbonyl (C=O) groups is 1. The first kappa shape index (κ1) is 19.4. The second-order valence-corrected chi connectivity index (χ2v) is 7.07. The van der Waals surface area contributed by atoms with Crippen molar-refractivity contribution in [3.63, 3.8) is 0 Å². The van der Waals surface area contributed by atoms with Crippen molar-refractivity contribution in [1.82, 2.24) is 15.1 Å². The molecule has 1 aliphatic heterocycles. The lowest BCUT2D eigenvalue weighted by Crippen LogP contribution is -2.49. The monoisotopic (exact) mass is 399 g/mol. The number of amides is 1. The molecular formula is C23H21N5O2. The average Bonchev–Trinajstić information content (AvgIpc) is 2.80. The lowest BCUT2D eigenvalue weighted by atomic mass is 10.1. The third-order valence-corrected chi connectivity index (χ3v) is 5.00. The van der Waals surface area contributed by atoms with Crippen LogP contribution in [0.1, 0.15) is 21.6 Å². The van der Waals surface area contributed by atoms with Gasteiger partial charge in [0.2, 0.25) is 0 Å². The molecule has 0 spiro atoms. The first-order valence-electron chi connectivity index (χ1n) is 9.75. The van der Waals surface area contributed by atoms with Gasteiger partial charge in [-0.3, -0.25) is 4.79 Å². The Bertz CT molecular complexity index is 1050. The molecule has 0 radical (unpaired) electrons. The standard InChI is InChI=1S/C23H21N5O2/c1-17-2-11-22(26-25-17)27-12-14-28(15-13-27)23(29)19-5-9-21(10-6-19)30-20-7-3-18(16-24)4-8-20/h2-11H,12-15H2,1H3. The van der Waals surface area contributed by atoms with Crippen LogP contribution in [0.4, 0.5) is 5.82 Å². The van der Waals surface area contributed by atoms with Crippen LogP contribution < -0.4 is 9.64 Å². The quantitative estimate of drug-likeness (QED) is 0.669. The Kier molecular flexibility index (Phi) is 5.57. The lowest BCUT2D eigenvalue weighted by molar-refractivity contribution is 0.0746. The molecule has 2 aromatic carbocycles. The molecule has 0 saturated carbocycles. The molecule has 1 aliphatic rings. The van der Waals surface area contributed by atoms with E-state index in [-0.39, 0.29) is 5.91 Å². The van der Waals surface area contributed by atoms with E-state index in [0.717, 1.165) is 24.6 Å². The van der Waals surface area contributed by atoms with Crippen LogP contribution in [0.25, 0.3) is 0 Å². The van der Waals surface area contributed by atoms with E-state index in [1.807, 2.05) is 24.0 Å². The molecule has 1 fully saturated rings. The Morgan fingerprint density at radius 1 is 0.900 bits per heavy atom. The second kappa shape index (κ2) is 8.62. The van der Waals surface area contributed by atoms with Gasteiger partial charge in [-0.15, -0.1) is 5.10 Å². The molecule has 3 aromatic rings. The van der Waals surface area contributed by atoms with Gasteiger partial charge in [0.1, 0.15) is 11.5 Å². The summed E-state index contributed by atoms with van der Waals surface area (Å²) in [6.45, 7) is 4.64. The Balaban J connectivity index is 1.34. The number of ether oxygens (including phenoxy) is 1. The normalized spacial score (nSPS) is 13.6. The molecule has 150 valence electrons. The van der Waals surface area contributed by atoms with Gasteiger partial charge >= 0.3 is 0 Å². The van der Waals surface area contributed by atoms with Gasteiger partial charge in [0, 0.05) is 31.7 Å². The fourth-order valence-corrected chi connectivity index (χ4v) is 3.28. The summed E-state index contributed by atoms with van der Waals surface area (Å²) >= 11 is 0. The molecule has 2 heterocycles. The van der Waals surface area contributed by atoms with Crippen LogP contribution >= 0.6 is 0 Å². The zero-order chi connectivity index (χ0) is 20.9. The molecule has 1 amide bonds. The lowest BCUT2D eigenvalue weighted by Gasteiger charge is -2.35. The van der Waals surface area contributed by atoms with Gasteiger partial charge in [-0.1, -0.05) is 0 Å². The Hall–Kier alpha value is -3.92. The number of rotatable bonds is 4. The average molecular weight is 399 g/mol. The maximum Gasteiger partial charge on any atom is 0.253 e. The zero-order valence-corrected chi connectivity index (χ0v) is 16.7. The number of benzene rings is 2. The van der Waals surface area contributed by atoms with Crippen molar-refractivity contribution in [3.05, 3.63) is 77.5 Å². The van der Waals surface area contributed by atoms with E-state index in [9.17, 15) is 4.79 Å². The number of aromatic nitrogens is 2. The second-order valence-electron chi connectivity index (χ2n) is 7.07. The van der Waals surface area contributed by atoms with Crippen molar-refractivity contribution in [2.45, 2.75) is 6.92 Å². The van der Waals surface area contributed by atoms with E-state index in [1.54, 1.807) is 48.5 Å². The highest BCUT2D eigenvalue weighted by Crippen LogP contribution is 2.23. The minimum absolute atomic E-state index is 0.00886. The third-order valence-electron chi connectivity index (χ3n) is 5.00. The molecule has 0 atom stereocenters. The van der Waals surface area contributed by atoms with Crippen molar-refractivity contribution >= 4 is 11.7 Å². The van der Waals surface area contributed by atoms with Crippen LogP contribution in [-0.4, -0.2) is 47.2 Å². The van der Waals surface area contributed by atoms with Crippen LogP contribution in [0.3, 0.4) is 0 Å². The van der Waals surface area contributed by atoms with Crippen molar-refractivity contribution in [2.24, 2.45) is 0 Å². The van der Waals surface area contributed by atoms with Crippen molar-refractivity contribution in [1.29, 1.82) is 5.26 Å². The molecule has 30 heavy (non-hydrogen) atoms. The molecule has 4 rings (SSSR count). The van der Waals surface area contributed by atoms with Crippen LogP contribution in [0.5, 0.6) is 11.5 Å². The first-order chi connectivity index (χ1) is 14.6. The molecule has 1 saturated heterocycles. The van der Waals surface area contributed by atoms with Gasteiger partial charge in [-0.05, 0) is 67.6 Å². The van der Waals surface area contributed by atoms with E-state index < -0.39 is 0 Å². The largest absolute Gasteiger partial charge is 0.457 e. The van der Waals surface area contributed by atoms with Gasteiger partial charge in [0.25, 0.3) is 5.91 Å². The highest BCUT2D eigenvalue weighted by molar-refractivity contribution is 5.94. The van der Waals surface area contributed by atoms with E-state index >= 15 is 0 Å². The van der Waals surface area contributed by atoms with Crippen molar-refractivity contribution < 1.29 is 9.53 Å². The van der Waals surface area contributed by atoms with Gasteiger partial charge < -0.3 is 14.5 Å². The van der Waals surface area contributed by atoms with Crippen LogP contribution in [-0.2, 0) is 0 Å². The fraction of sp³-hybridized carbons (Fsp3) is 0.217. The summed E-state index contributed by atoms with van der Waals surface area (Å²) in [6.07, 6.45) is 0. The highest BCUT2D eigenvalue weighted by atomic mass is 16.5. The summed E-state index contributed by atoms with van der Waals surface area (Å²) in [5, 5.41) is 17.2.